The van der Waals surface area contributed by atoms with Crippen LogP contribution in [0.5, 0.6) is 0 Å². The predicted molar refractivity (Wildman–Crippen MR) is 164 cm³/mol. The summed E-state index contributed by atoms with van der Waals surface area (Å²) in [4.78, 5) is 36.0. The number of piperazine rings is 1. The number of allylic oxidation sites excluding steroid dienone is 1. The number of ether oxygens (including phenoxy) is 1. The molecule has 230 valence electrons. The number of nitrogens with zero attached hydrogens (tertiary/aromatic N) is 4. The molecule has 0 spiro atoms. The molecule has 1 aromatic carbocycles. The van der Waals surface area contributed by atoms with Gasteiger partial charge in [-0.25, -0.2) is 9.37 Å². The van der Waals surface area contributed by atoms with E-state index in [0.29, 0.717) is 65.4 Å². The smallest absolute Gasteiger partial charge is 0.312 e. The second kappa shape index (κ2) is 13.6. The second-order valence-electron chi connectivity index (χ2n) is 11.3. The number of rotatable bonds is 10. The summed E-state index contributed by atoms with van der Waals surface area (Å²) in [6.45, 7) is 9.17. The van der Waals surface area contributed by atoms with Crippen LogP contribution >= 0.6 is 11.6 Å². The molecule has 11 nitrogen and oxygen atoms in total. The van der Waals surface area contributed by atoms with Crippen molar-refractivity contribution in [2.24, 2.45) is 5.92 Å². The largest absolute Gasteiger partial charge is 0.463 e. The van der Waals surface area contributed by atoms with E-state index in [1.165, 1.54) is 12.1 Å². The maximum absolute atomic E-state index is 14.7. The summed E-state index contributed by atoms with van der Waals surface area (Å²) >= 11 is 6.16. The number of likely N-dealkylation sites (N-methyl/N-ethyl adjacent to an activating group) is 1. The number of halogens is 2. The van der Waals surface area contributed by atoms with Gasteiger partial charge in [-0.15, -0.1) is 0 Å². The number of hydrogen-bond acceptors (Lipinski definition) is 10. The molecule has 0 saturated carbocycles. The molecule has 13 heteroatoms. The third kappa shape index (κ3) is 7.95. The molecule has 3 aliphatic rings. The fourth-order valence-electron chi connectivity index (χ4n) is 5.04. The number of benzene rings is 1. The highest BCUT2D eigenvalue weighted by molar-refractivity contribution is 6.30. The minimum absolute atomic E-state index is 0.106. The van der Waals surface area contributed by atoms with E-state index in [1.54, 1.807) is 30.5 Å². The van der Waals surface area contributed by atoms with Gasteiger partial charge in [0.05, 0.1) is 23.4 Å². The summed E-state index contributed by atoms with van der Waals surface area (Å²) < 4.78 is 20.1. The molecule has 5 rings (SSSR count). The molecule has 0 atom stereocenters. The number of esters is 1. The number of likely N-dealkylation sites (tertiary alicyclic amines) is 1. The first-order valence-electron chi connectivity index (χ1n) is 14.5. The number of amides is 1. The summed E-state index contributed by atoms with van der Waals surface area (Å²) in [6, 6.07) is 7.87. The SMILES string of the molecule is CC(C)OC(=O)C1CN(C2=C(Nc3ccnc(NC(=O)CCN4CCN(C)CC4)c3)C=C(c3cc(Cl)ccc3F)NN2)C1. The zero-order valence-electron chi connectivity index (χ0n) is 24.6. The Labute approximate surface area is 256 Å². The normalized spacial score (nSPS) is 18.0. The van der Waals surface area contributed by atoms with Crippen molar-refractivity contribution in [1.82, 2.24) is 30.5 Å². The van der Waals surface area contributed by atoms with Crippen LogP contribution in [0.4, 0.5) is 15.9 Å². The van der Waals surface area contributed by atoms with Gasteiger partial charge in [0.25, 0.3) is 0 Å². The Hall–Kier alpha value is -3.87. The highest BCUT2D eigenvalue weighted by Gasteiger charge is 2.37. The quantitative estimate of drug-likeness (QED) is 0.299. The van der Waals surface area contributed by atoms with Gasteiger partial charge in [0.1, 0.15) is 17.5 Å². The second-order valence-corrected chi connectivity index (χ2v) is 11.7. The van der Waals surface area contributed by atoms with Crippen molar-refractivity contribution in [2.75, 3.05) is 63.5 Å². The van der Waals surface area contributed by atoms with Gasteiger partial charge in [0.15, 0.2) is 0 Å². The highest BCUT2D eigenvalue weighted by Crippen LogP contribution is 2.29. The number of hydrogen-bond donors (Lipinski definition) is 4. The lowest BCUT2D eigenvalue weighted by Gasteiger charge is -2.43. The summed E-state index contributed by atoms with van der Waals surface area (Å²) in [5, 5.41) is 6.67. The Morgan fingerprint density at radius 1 is 1.14 bits per heavy atom. The molecule has 0 radical (unpaired) electrons. The van der Waals surface area contributed by atoms with Crippen molar-refractivity contribution in [1.29, 1.82) is 0 Å². The number of pyridine rings is 1. The molecule has 3 aliphatic heterocycles. The fraction of sp³-hybridized carbons (Fsp3) is 0.433. The van der Waals surface area contributed by atoms with Crippen molar-refractivity contribution in [3.63, 3.8) is 0 Å². The lowest BCUT2D eigenvalue weighted by atomic mass is 9.99. The average Bonchev–Trinajstić information content (AvgIpc) is 2.94. The van der Waals surface area contributed by atoms with E-state index in [9.17, 15) is 14.0 Å². The van der Waals surface area contributed by atoms with Gasteiger partial charge in [-0.05, 0) is 51.2 Å². The molecule has 2 aromatic rings. The molecule has 2 saturated heterocycles. The molecular formula is C30H38ClFN8O3. The summed E-state index contributed by atoms with van der Waals surface area (Å²) in [5.41, 5.74) is 8.27. The summed E-state index contributed by atoms with van der Waals surface area (Å²) in [7, 11) is 2.10. The zero-order chi connectivity index (χ0) is 30.5. The van der Waals surface area contributed by atoms with Crippen LogP contribution in [0.25, 0.3) is 5.70 Å². The van der Waals surface area contributed by atoms with Crippen molar-refractivity contribution in [3.05, 3.63) is 70.5 Å². The number of hydrazine groups is 1. The van der Waals surface area contributed by atoms with Gasteiger partial charge in [0, 0.05) is 80.8 Å². The van der Waals surface area contributed by atoms with E-state index in [0.717, 1.165) is 26.2 Å². The topological polar surface area (TPSA) is 114 Å². The number of anilines is 2. The van der Waals surface area contributed by atoms with Gasteiger partial charge in [-0.3, -0.25) is 20.4 Å². The molecule has 0 aliphatic carbocycles. The first-order chi connectivity index (χ1) is 20.6. The Balaban J connectivity index is 1.31. The van der Waals surface area contributed by atoms with Gasteiger partial charge in [-0.2, -0.15) is 0 Å². The van der Waals surface area contributed by atoms with Gasteiger partial charge in [-0.1, -0.05) is 11.6 Å². The van der Waals surface area contributed by atoms with E-state index in [1.807, 2.05) is 18.7 Å². The van der Waals surface area contributed by atoms with Gasteiger partial charge in [0.2, 0.25) is 5.91 Å². The van der Waals surface area contributed by atoms with Crippen LogP contribution in [0, 0.1) is 11.7 Å². The van der Waals surface area contributed by atoms with E-state index < -0.39 is 5.82 Å². The molecule has 4 heterocycles. The number of carbonyl (C=O) groups excluding carboxylic acids is 2. The molecule has 43 heavy (non-hydrogen) atoms. The first kappa shape index (κ1) is 30.6. The molecule has 2 fully saturated rings. The maximum Gasteiger partial charge on any atom is 0.312 e. The Bertz CT molecular complexity index is 1400. The number of aromatic nitrogens is 1. The van der Waals surface area contributed by atoms with Crippen LogP contribution in [0.1, 0.15) is 25.8 Å². The van der Waals surface area contributed by atoms with Crippen molar-refractivity contribution in [2.45, 2.75) is 26.4 Å². The zero-order valence-corrected chi connectivity index (χ0v) is 25.4. The molecule has 1 amide bonds. The maximum atomic E-state index is 14.7. The van der Waals surface area contributed by atoms with Gasteiger partial charge >= 0.3 is 5.97 Å². The van der Waals surface area contributed by atoms with E-state index in [2.05, 4.69) is 43.3 Å². The van der Waals surface area contributed by atoms with E-state index >= 15 is 0 Å². The number of carbonyl (C=O) groups is 2. The fourth-order valence-corrected chi connectivity index (χ4v) is 5.22. The Kier molecular flexibility index (Phi) is 9.69. The monoisotopic (exact) mass is 612 g/mol. The van der Waals surface area contributed by atoms with E-state index in [4.69, 9.17) is 16.3 Å². The van der Waals surface area contributed by atoms with Crippen molar-refractivity contribution in [3.8, 4) is 0 Å². The molecule has 0 bridgehead atoms. The predicted octanol–water partition coefficient (Wildman–Crippen LogP) is 3.06. The van der Waals surface area contributed by atoms with Crippen LogP contribution < -0.4 is 21.5 Å². The summed E-state index contributed by atoms with van der Waals surface area (Å²) in [6.07, 6.45) is 3.57. The lowest BCUT2D eigenvalue weighted by molar-refractivity contribution is -0.157. The first-order valence-corrected chi connectivity index (χ1v) is 14.8. The van der Waals surface area contributed by atoms with Gasteiger partial charge < -0.3 is 30.1 Å². The van der Waals surface area contributed by atoms with Crippen LogP contribution in [-0.2, 0) is 14.3 Å². The van der Waals surface area contributed by atoms with Crippen molar-refractivity contribution < 1.29 is 18.7 Å². The average molecular weight is 613 g/mol. The molecule has 0 unspecified atom stereocenters. The molecular weight excluding hydrogens is 575 g/mol. The Morgan fingerprint density at radius 2 is 1.91 bits per heavy atom. The van der Waals surface area contributed by atoms with E-state index in [-0.39, 0.29) is 23.9 Å². The third-order valence-electron chi connectivity index (χ3n) is 7.52. The van der Waals surface area contributed by atoms with Crippen LogP contribution in [0.3, 0.4) is 0 Å². The standard InChI is InChI=1S/C30H38ClFN8O3/c1-19(2)43-30(42)20-17-40(18-20)29-26(16-25(36-37-29)23-14-21(31)4-5-24(23)32)34-22-6-8-33-27(15-22)35-28(41)7-9-39-12-10-38(3)11-13-39/h4-6,8,14-16,19-20,36-37H,7,9-13,17-18H2,1-3H3,(H2,33,34,35,41). The van der Waals surface area contributed by atoms with Crippen LogP contribution in [0.2, 0.25) is 5.02 Å². The third-order valence-corrected chi connectivity index (χ3v) is 7.75. The minimum Gasteiger partial charge on any atom is -0.463 e. The minimum atomic E-state index is -0.432. The van der Waals surface area contributed by atoms with Crippen LogP contribution in [-0.4, -0.2) is 90.5 Å². The molecule has 4 N–H and O–H groups in total. The highest BCUT2D eigenvalue weighted by atomic mass is 35.5. The van der Waals surface area contributed by atoms with Crippen LogP contribution in [0.15, 0.2) is 54.1 Å². The molecule has 1 aromatic heterocycles. The number of nitrogens with one attached hydrogen (secondary N) is 4. The van der Waals surface area contributed by atoms with Crippen molar-refractivity contribution >= 4 is 40.7 Å². The Morgan fingerprint density at radius 3 is 2.65 bits per heavy atom. The lowest BCUT2D eigenvalue weighted by Crippen LogP contribution is -2.55. The summed E-state index contributed by atoms with van der Waals surface area (Å²) in [5.74, 6) is 0.0771.